The third-order valence-corrected chi connectivity index (χ3v) is 2.07. The van der Waals surface area contributed by atoms with E-state index in [-0.39, 0.29) is 30.2 Å². The minimum atomic E-state index is -4.22. The number of nitro benzene ring substituents is 1. The number of non-ortho nitro benzene ring substituents is 1. The number of nitrogen functional groups attached to an aromatic ring is 1. The quantitative estimate of drug-likeness (QED) is 0.384. The Morgan fingerprint density at radius 3 is 2.56 bits per heavy atom. The highest BCUT2D eigenvalue weighted by molar-refractivity contribution is 5.58. The molecule has 0 bridgehead atoms. The van der Waals surface area contributed by atoms with Gasteiger partial charge in [0.25, 0.3) is 5.69 Å². The second kappa shape index (κ2) is 5.56. The molecule has 0 aliphatic carbocycles. The number of nitro groups is 1. The molecule has 0 radical (unpaired) electrons. The predicted octanol–water partition coefficient (Wildman–Crippen LogP) is 2.90. The van der Waals surface area contributed by atoms with Gasteiger partial charge in [0.15, 0.2) is 0 Å². The molecule has 0 atom stereocenters. The van der Waals surface area contributed by atoms with Gasteiger partial charge in [-0.3, -0.25) is 10.1 Å². The van der Waals surface area contributed by atoms with Crippen LogP contribution >= 0.6 is 0 Å². The van der Waals surface area contributed by atoms with Crippen molar-refractivity contribution in [3.63, 3.8) is 0 Å². The van der Waals surface area contributed by atoms with Gasteiger partial charge in [0.05, 0.1) is 17.2 Å². The van der Waals surface area contributed by atoms with Crippen molar-refractivity contribution in [3.05, 3.63) is 28.3 Å². The van der Waals surface area contributed by atoms with Gasteiger partial charge >= 0.3 is 6.18 Å². The number of nitrogens with two attached hydrogens (primary N) is 1. The number of hydrogen-bond donors (Lipinski definition) is 1. The molecule has 2 N–H and O–H groups in total. The summed E-state index contributed by atoms with van der Waals surface area (Å²) in [6.07, 6.45) is -5.36. The second-order valence-corrected chi connectivity index (χ2v) is 3.55. The summed E-state index contributed by atoms with van der Waals surface area (Å²) in [4.78, 5) is 9.80. The Labute approximate surface area is 100 Å². The molecule has 1 rings (SSSR count). The Hall–Kier alpha value is -1.99. The molecule has 0 aliphatic heterocycles. The summed E-state index contributed by atoms with van der Waals surface area (Å²) in [5.41, 5.74) is 5.30. The number of hydrogen-bond acceptors (Lipinski definition) is 4. The lowest BCUT2D eigenvalue weighted by atomic mass is 10.2. The van der Waals surface area contributed by atoms with Gasteiger partial charge in [-0.1, -0.05) is 0 Å². The molecule has 0 unspecified atom stereocenters. The van der Waals surface area contributed by atoms with Crippen molar-refractivity contribution in [1.82, 2.24) is 0 Å². The Morgan fingerprint density at radius 2 is 2.06 bits per heavy atom. The molecule has 5 nitrogen and oxygen atoms in total. The van der Waals surface area contributed by atoms with Gasteiger partial charge in [0.2, 0.25) is 0 Å². The zero-order valence-electron chi connectivity index (χ0n) is 9.24. The van der Waals surface area contributed by atoms with Crippen LogP contribution in [0.2, 0.25) is 0 Å². The van der Waals surface area contributed by atoms with Crippen LogP contribution in [0.15, 0.2) is 18.2 Å². The Balaban J connectivity index is 2.51. The molecule has 0 spiro atoms. The molecule has 0 aromatic heterocycles. The van der Waals surface area contributed by atoms with Crippen LogP contribution < -0.4 is 10.5 Å². The summed E-state index contributed by atoms with van der Waals surface area (Å²) in [5.74, 6) is 0.141. The second-order valence-electron chi connectivity index (χ2n) is 3.55. The maximum absolute atomic E-state index is 11.8. The van der Waals surface area contributed by atoms with E-state index in [1.54, 1.807) is 0 Å². The van der Waals surface area contributed by atoms with Gasteiger partial charge in [-0.2, -0.15) is 13.2 Å². The first kappa shape index (κ1) is 14.1. The van der Waals surface area contributed by atoms with E-state index in [4.69, 9.17) is 10.5 Å². The summed E-state index contributed by atoms with van der Waals surface area (Å²) in [7, 11) is 0. The molecule has 0 saturated heterocycles. The number of ether oxygens (including phenoxy) is 1. The largest absolute Gasteiger partial charge is 0.491 e. The number of nitrogens with zero attached hydrogens (tertiary/aromatic N) is 1. The van der Waals surface area contributed by atoms with E-state index in [0.717, 1.165) is 6.07 Å². The Morgan fingerprint density at radius 1 is 1.39 bits per heavy atom. The highest BCUT2D eigenvalue weighted by Gasteiger charge is 2.26. The SMILES string of the molecule is Nc1cc([N+](=O)[O-])ccc1OCCCC(F)(F)F. The van der Waals surface area contributed by atoms with E-state index in [1.165, 1.54) is 12.1 Å². The fourth-order valence-electron chi connectivity index (χ4n) is 1.24. The molecular weight excluding hydrogens is 253 g/mol. The number of rotatable bonds is 5. The molecule has 0 aliphatic rings. The average molecular weight is 264 g/mol. The molecular formula is C10H11F3N2O3. The fraction of sp³-hybridized carbons (Fsp3) is 0.400. The summed E-state index contributed by atoms with van der Waals surface area (Å²) in [5, 5.41) is 10.4. The third kappa shape index (κ3) is 4.48. The molecule has 18 heavy (non-hydrogen) atoms. The normalized spacial score (nSPS) is 11.3. The lowest BCUT2D eigenvalue weighted by molar-refractivity contribution is -0.384. The topological polar surface area (TPSA) is 78.4 Å². The highest BCUT2D eigenvalue weighted by Crippen LogP contribution is 2.27. The van der Waals surface area contributed by atoms with E-state index in [1.807, 2.05) is 0 Å². The maximum Gasteiger partial charge on any atom is 0.389 e. The van der Waals surface area contributed by atoms with Crippen molar-refractivity contribution < 1.29 is 22.8 Å². The number of benzene rings is 1. The van der Waals surface area contributed by atoms with E-state index in [2.05, 4.69) is 0 Å². The van der Waals surface area contributed by atoms with Gasteiger partial charge in [0, 0.05) is 18.6 Å². The summed E-state index contributed by atoms with van der Waals surface area (Å²) in [6.45, 7) is -0.151. The van der Waals surface area contributed by atoms with Crippen molar-refractivity contribution in [2.75, 3.05) is 12.3 Å². The maximum atomic E-state index is 11.8. The first-order valence-corrected chi connectivity index (χ1v) is 5.03. The highest BCUT2D eigenvalue weighted by atomic mass is 19.4. The van der Waals surface area contributed by atoms with Crippen LogP contribution in [0.1, 0.15) is 12.8 Å². The van der Waals surface area contributed by atoms with Crippen LogP contribution in [0, 0.1) is 10.1 Å². The average Bonchev–Trinajstić information content (AvgIpc) is 2.24. The molecule has 0 amide bonds. The van der Waals surface area contributed by atoms with Crippen molar-refractivity contribution >= 4 is 11.4 Å². The third-order valence-electron chi connectivity index (χ3n) is 2.07. The van der Waals surface area contributed by atoms with Gasteiger partial charge < -0.3 is 10.5 Å². The van der Waals surface area contributed by atoms with Gasteiger partial charge in [-0.05, 0) is 12.5 Å². The standard InChI is InChI=1S/C10H11F3N2O3/c11-10(12,13)4-1-5-18-9-3-2-7(15(16)17)6-8(9)14/h2-3,6H,1,4-5,14H2. The lowest BCUT2D eigenvalue weighted by Crippen LogP contribution is -2.10. The van der Waals surface area contributed by atoms with Crippen molar-refractivity contribution in [2.24, 2.45) is 0 Å². The summed E-state index contributed by atoms with van der Waals surface area (Å²) >= 11 is 0. The molecule has 1 aromatic carbocycles. The van der Waals surface area contributed by atoms with E-state index >= 15 is 0 Å². The molecule has 1 aromatic rings. The van der Waals surface area contributed by atoms with Crippen molar-refractivity contribution in [2.45, 2.75) is 19.0 Å². The summed E-state index contributed by atoms with van der Waals surface area (Å²) in [6, 6.07) is 3.54. The van der Waals surface area contributed by atoms with Crippen molar-refractivity contribution in [3.8, 4) is 5.75 Å². The van der Waals surface area contributed by atoms with Crippen LogP contribution in [-0.4, -0.2) is 17.7 Å². The monoisotopic (exact) mass is 264 g/mol. The first-order valence-electron chi connectivity index (χ1n) is 5.03. The van der Waals surface area contributed by atoms with Crippen LogP contribution in [0.25, 0.3) is 0 Å². The summed E-state index contributed by atoms with van der Waals surface area (Å²) < 4.78 is 40.6. The number of alkyl halides is 3. The lowest BCUT2D eigenvalue weighted by Gasteiger charge is -2.09. The molecule has 0 fully saturated rings. The minimum Gasteiger partial charge on any atom is -0.491 e. The fourth-order valence-corrected chi connectivity index (χ4v) is 1.24. The van der Waals surface area contributed by atoms with Crippen LogP contribution in [0.4, 0.5) is 24.5 Å². The van der Waals surface area contributed by atoms with E-state index in [9.17, 15) is 23.3 Å². The minimum absolute atomic E-state index is 0.0243. The number of halogens is 3. The molecule has 100 valence electrons. The van der Waals surface area contributed by atoms with Crippen molar-refractivity contribution in [1.29, 1.82) is 0 Å². The van der Waals surface area contributed by atoms with E-state index in [0.29, 0.717) is 0 Å². The first-order chi connectivity index (χ1) is 8.29. The predicted molar refractivity (Wildman–Crippen MR) is 58.3 cm³/mol. The molecule has 0 saturated carbocycles. The molecule has 0 heterocycles. The van der Waals surface area contributed by atoms with Gasteiger partial charge in [-0.25, -0.2) is 0 Å². The number of anilines is 1. The Bertz CT molecular complexity index is 435. The van der Waals surface area contributed by atoms with Crippen LogP contribution in [0.3, 0.4) is 0 Å². The molecule has 8 heteroatoms. The Kier molecular flexibility index (Phi) is 4.35. The van der Waals surface area contributed by atoms with Crippen LogP contribution in [0.5, 0.6) is 5.75 Å². The van der Waals surface area contributed by atoms with Gasteiger partial charge in [-0.15, -0.1) is 0 Å². The zero-order chi connectivity index (χ0) is 13.8. The van der Waals surface area contributed by atoms with E-state index < -0.39 is 17.5 Å². The zero-order valence-corrected chi connectivity index (χ0v) is 9.24. The smallest absolute Gasteiger partial charge is 0.389 e. The van der Waals surface area contributed by atoms with Gasteiger partial charge in [0.1, 0.15) is 5.75 Å². The van der Waals surface area contributed by atoms with Crippen LogP contribution in [-0.2, 0) is 0 Å².